The molecule has 2 aliphatic heterocycles. The first kappa shape index (κ1) is 25.9. The zero-order valence-corrected chi connectivity index (χ0v) is 21.6. The normalized spacial score (nSPS) is 18.8. The third kappa shape index (κ3) is 8.60. The van der Waals surface area contributed by atoms with Gasteiger partial charge in [-0.3, -0.25) is 14.7 Å². The molecule has 7 heteroatoms. The van der Waals surface area contributed by atoms with Crippen LogP contribution in [-0.4, -0.2) is 61.9 Å². The van der Waals surface area contributed by atoms with Gasteiger partial charge in [0, 0.05) is 46.7 Å². The number of likely N-dealkylation sites (tertiary alicyclic amines) is 2. The monoisotopic (exact) mass is 541 g/mol. The third-order valence-electron chi connectivity index (χ3n) is 6.43. The van der Waals surface area contributed by atoms with Crippen molar-refractivity contribution in [3.63, 3.8) is 0 Å². The summed E-state index contributed by atoms with van der Waals surface area (Å²) in [6.07, 6.45) is 8.14. The van der Waals surface area contributed by atoms with Crippen LogP contribution in [0.25, 0.3) is 0 Å². The smallest absolute Gasteiger partial charge is 0.220 e. The van der Waals surface area contributed by atoms with Gasteiger partial charge in [-0.25, -0.2) is 0 Å². The number of amides is 1. The van der Waals surface area contributed by atoms with E-state index in [1.165, 1.54) is 49.9 Å². The number of piperidine rings is 1. The Kier molecular flexibility index (Phi) is 11.6. The van der Waals surface area contributed by atoms with E-state index in [2.05, 4.69) is 49.7 Å². The highest BCUT2D eigenvalue weighted by Crippen LogP contribution is 2.20. The first-order valence-corrected chi connectivity index (χ1v) is 11.6. The molecule has 2 heterocycles. The number of halogens is 1. The number of rotatable bonds is 6. The molecule has 174 valence electrons. The van der Waals surface area contributed by atoms with Crippen LogP contribution in [0.4, 0.5) is 0 Å². The Bertz CT molecular complexity index is 695. The third-order valence-corrected chi connectivity index (χ3v) is 6.43. The van der Waals surface area contributed by atoms with Crippen LogP contribution in [-0.2, 0) is 17.9 Å². The summed E-state index contributed by atoms with van der Waals surface area (Å²) in [5, 5.41) is 6.28. The van der Waals surface area contributed by atoms with Crippen molar-refractivity contribution < 1.29 is 4.79 Å². The van der Waals surface area contributed by atoms with E-state index in [0.29, 0.717) is 12.3 Å². The van der Waals surface area contributed by atoms with Gasteiger partial charge in [0.1, 0.15) is 0 Å². The van der Waals surface area contributed by atoms with Gasteiger partial charge in [0.2, 0.25) is 5.91 Å². The molecule has 31 heavy (non-hydrogen) atoms. The maximum atomic E-state index is 11.6. The summed E-state index contributed by atoms with van der Waals surface area (Å²) >= 11 is 0. The molecule has 1 aromatic rings. The Hall–Kier alpha value is -1.35. The van der Waals surface area contributed by atoms with Gasteiger partial charge in [-0.05, 0) is 55.8 Å². The van der Waals surface area contributed by atoms with Gasteiger partial charge >= 0.3 is 0 Å². The van der Waals surface area contributed by atoms with Crippen molar-refractivity contribution >= 4 is 35.8 Å². The minimum absolute atomic E-state index is 0. The summed E-state index contributed by atoms with van der Waals surface area (Å²) in [4.78, 5) is 21.0. The number of nitrogens with one attached hydrogen (secondary N) is 2. The molecule has 2 fully saturated rings. The summed E-state index contributed by atoms with van der Waals surface area (Å²) in [6.45, 7) is 6.21. The first-order chi connectivity index (χ1) is 14.7. The quantitative estimate of drug-likeness (QED) is 0.328. The molecular formula is C24H40IN5O. The van der Waals surface area contributed by atoms with Crippen LogP contribution in [0.5, 0.6) is 0 Å². The van der Waals surface area contributed by atoms with Gasteiger partial charge in [-0.2, -0.15) is 0 Å². The largest absolute Gasteiger partial charge is 0.359 e. The summed E-state index contributed by atoms with van der Waals surface area (Å²) in [7, 11) is 3.57. The van der Waals surface area contributed by atoms with E-state index in [1.54, 1.807) is 7.05 Å². The fourth-order valence-corrected chi connectivity index (χ4v) is 4.62. The lowest BCUT2D eigenvalue weighted by Crippen LogP contribution is -2.45. The molecule has 0 bridgehead atoms. The second-order valence-corrected chi connectivity index (χ2v) is 8.72. The van der Waals surface area contributed by atoms with Crippen molar-refractivity contribution in [2.24, 2.45) is 10.9 Å². The van der Waals surface area contributed by atoms with Crippen LogP contribution < -0.4 is 10.6 Å². The summed E-state index contributed by atoms with van der Waals surface area (Å²) in [6, 6.07) is 8.96. The van der Waals surface area contributed by atoms with E-state index in [1.807, 2.05) is 7.05 Å². The molecule has 2 aliphatic rings. The molecule has 0 aliphatic carbocycles. The van der Waals surface area contributed by atoms with Gasteiger partial charge in [0.05, 0.1) is 0 Å². The molecule has 0 atom stereocenters. The van der Waals surface area contributed by atoms with Gasteiger partial charge in [0.15, 0.2) is 5.96 Å². The molecule has 0 saturated carbocycles. The number of nitrogens with zero attached hydrogens (tertiary/aromatic N) is 3. The van der Waals surface area contributed by atoms with Crippen LogP contribution in [0.15, 0.2) is 29.3 Å². The number of hydrogen-bond acceptors (Lipinski definition) is 3. The van der Waals surface area contributed by atoms with Crippen molar-refractivity contribution in [2.45, 2.75) is 58.0 Å². The molecule has 2 N–H and O–H groups in total. The highest BCUT2D eigenvalue weighted by molar-refractivity contribution is 14.0. The Balaban J connectivity index is 0.00000341. The molecule has 2 saturated heterocycles. The highest BCUT2D eigenvalue weighted by atomic mass is 127. The SMILES string of the molecule is CN=C(NCc1cccc(CN2CCCCCC2)c1)N1CCC(CC(=O)NC)CC1.I. The lowest BCUT2D eigenvalue weighted by molar-refractivity contribution is -0.121. The lowest BCUT2D eigenvalue weighted by atomic mass is 9.93. The Labute approximate surface area is 205 Å². The van der Waals surface area contributed by atoms with Gasteiger partial charge in [-0.15, -0.1) is 24.0 Å². The van der Waals surface area contributed by atoms with Crippen LogP contribution >= 0.6 is 24.0 Å². The van der Waals surface area contributed by atoms with Crippen molar-refractivity contribution in [2.75, 3.05) is 40.3 Å². The van der Waals surface area contributed by atoms with Crippen LogP contribution in [0.1, 0.15) is 56.1 Å². The summed E-state index contributed by atoms with van der Waals surface area (Å²) < 4.78 is 0. The molecule has 3 rings (SSSR count). The van der Waals surface area contributed by atoms with Crippen LogP contribution in [0.2, 0.25) is 0 Å². The molecular weight excluding hydrogens is 501 g/mol. The zero-order chi connectivity index (χ0) is 21.2. The van der Waals surface area contributed by atoms with Crippen molar-refractivity contribution in [3.05, 3.63) is 35.4 Å². The first-order valence-electron chi connectivity index (χ1n) is 11.6. The lowest BCUT2D eigenvalue weighted by Gasteiger charge is -2.34. The standard InChI is InChI=1S/C24H39N5O.HI/c1-25-23(30)17-20-10-14-29(15-11-20)24(26-2)27-18-21-8-7-9-22(16-21)19-28-12-5-3-4-6-13-28;/h7-9,16,20H,3-6,10-15,17-19H2,1-2H3,(H,25,30)(H,26,27);1H. The zero-order valence-electron chi connectivity index (χ0n) is 19.2. The average molecular weight is 542 g/mol. The fourth-order valence-electron chi connectivity index (χ4n) is 4.62. The van der Waals surface area contributed by atoms with Crippen molar-refractivity contribution in [1.29, 1.82) is 0 Å². The molecule has 0 unspecified atom stereocenters. The number of guanidine groups is 1. The van der Waals surface area contributed by atoms with E-state index in [9.17, 15) is 4.79 Å². The second kappa shape index (κ2) is 13.9. The maximum Gasteiger partial charge on any atom is 0.220 e. The molecule has 1 aromatic carbocycles. The summed E-state index contributed by atoms with van der Waals surface area (Å²) in [5.41, 5.74) is 2.71. The minimum Gasteiger partial charge on any atom is -0.359 e. The fraction of sp³-hybridized carbons (Fsp3) is 0.667. The average Bonchev–Trinajstić information content (AvgIpc) is 3.04. The van der Waals surface area contributed by atoms with Gasteiger partial charge in [-0.1, -0.05) is 37.1 Å². The van der Waals surface area contributed by atoms with Crippen LogP contribution in [0.3, 0.4) is 0 Å². The Morgan fingerprint density at radius 3 is 2.39 bits per heavy atom. The minimum atomic E-state index is 0. The molecule has 0 spiro atoms. The number of hydrogen-bond donors (Lipinski definition) is 2. The topological polar surface area (TPSA) is 60.0 Å². The van der Waals surface area contributed by atoms with E-state index in [-0.39, 0.29) is 29.9 Å². The molecule has 1 amide bonds. The number of benzene rings is 1. The Morgan fingerprint density at radius 2 is 1.74 bits per heavy atom. The number of carbonyl (C=O) groups excluding carboxylic acids is 1. The van der Waals surface area contributed by atoms with Crippen molar-refractivity contribution in [1.82, 2.24) is 20.4 Å². The van der Waals surface area contributed by atoms with Crippen molar-refractivity contribution in [3.8, 4) is 0 Å². The number of carbonyl (C=O) groups is 1. The molecule has 6 nitrogen and oxygen atoms in total. The second-order valence-electron chi connectivity index (χ2n) is 8.72. The van der Waals surface area contributed by atoms with E-state index >= 15 is 0 Å². The van der Waals surface area contributed by atoms with Crippen LogP contribution in [0, 0.1) is 5.92 Å². The van der Waals surface area contributed by atoms with Gasteiger partial charge in [0.25, 0.3) is 0 Å². The molecule has 0 aromatic heterocycles. The predicted octanol–water partition coefficient (Wildman–Crippen LogP) is 3.60. The van der Waals surface area contributed by atoms with Gasteiger partial charge < -0.3 is 15.5 Å². The summed E-state index contributed by atoms with van der Waals surface area (Å²) in [5.74, 6) is 1.59. The highest BCUT2D eigenvalue weighted by Gasteiger charge is 2.23. The number of aliphatic imine (C=N–C) groups is 1. The Morgan fingerprint density at radius 1 is 1.06 bits per heavy atom. The van der Waals surface area contributed by atoms with E-state index < -0.39 is 0 Å². The molecule has 0 radical (unpaired) electrons. The van der Waals surface area contributed by atoms with E-state index in [0.717, 1.165) is 45.0 Å². The maximum absolute atomic E-state index is 11.6. The van der Waals surface area contributed by atoms with E-state index in [4.69, 9.17) is 0 Å². The predicted molar refractivity (Wildman–Crippen MR) is 139 cm³/mol.